The van der Waals surface area contributed by atoms with Crippen LogP contribution in [0.5, 0.6) is 0 Å². The van der Waals surface area contributed by atoms with Gasteiger partial charge in [-0.1, -0.05) is 48.5 Å². The van der Waals surface area contributed by atoms with Crippen molar-refractivity contribution in [2.24, 2.45) is 11.8 Å². The Bertz CT molecular complexity index is 343. The van der Waals surface area contributed by atoms with E-state index >= 15 is 0 Å². The summed E-state index contributed by atoms with van der Waals surface area (Å²) in [7, 11) is 1.41. The summed E-state index contributed by atoms with van der Waals surface area (Å²) in [5.41, 5.74) is 0. The Morgan fingerprint density at radius 1 is 1.00 bits per heavy atom. The van der Waals surface area contributed by atoms with Crippen LogP contribution in [0, 0.1) is 11.8 Å². The smallest absolute Gasteiger partial charge is 0.308 e. The molecule has 0 heterocycles. The van der Waals surface area contributed by atoms with Gasteiger partial charge in [-0.25, -0.2) is 0 Å². The Balaban J connectivity index is -0.000000277. The van der Waals surface area contributed by atoms with Crippen LogP contribution >= 0.6 is 11.8 Å². The van der Waals surface area contributed by atoms with Crippen LogP contribution in [0.1, 0.15) is 87.0 Å². The summed E-state index contributed by atoms with van der Waals surface area (Å²) in [5, 5.41) is 0. The molecule has 1 rings (SSSR count). The number of esters is 1. The van der Waals surface area contributed by atoms with Crippen LogP contribution in [0.2, 0.25) is 0 Å². The predicted molar refractivity (Wildman–Crippen MR) is 124 cm³/mol. The molecule has 0 spiro atoms. The van der Waals surface area contributed by atoms with E-state index in [0.29, 0.717) is 25.3 Å². The third kappa shape index (κ3) is 18.3. The molecule has 0 unspecified atom stereocenters. The summed E-state index contributed by atoms with van der Waals surface area (Å²) in [6, 6.07) is 0. The van der Waals surface area contributed by atoms with Gasteiger partial charge in [0.05, 0.1) is 13.0 Å². The van der Waals surface area contributed by atoms with E-state index in [-0.39, 0.29) is 17.8 Å². The van der Waals surface area contributed by atoms with E-state index in [9.17, 15) is 14.4 Å². The summed E-state index contributed by atoms with van der Waals surface area (Å²) < 4.78 is 4.74. The fourth-order valence-electron chi connectivity index (χ4n) is 2.59. The summed E-state index contributed by atoms with van der Waals surface area (Å²) in [4.78, 5) is 35.3. The van der Waals surface area contributed by atoms with E-state index < -0.39 is 0 Å². The van der Waals surface area contributed by atoms with Crippen molar-refractivity contribution in [2.75, 3.05) is 26.2 Å². The van der Waals surface area contributed by atoms with Crippen molar-refractivity contribution in [3.63, 3.8) is 0 Å². The summed E-state index contributed by atoms with van der Waals surface area (Å²) in [6.45, 7) is 14.4. The highest BCUT2D eigenvalue weighted by Gasteiger charge is 2.28. The molecule has 1 fully saturated rings. The highest BCUT2D eigenvalue weighted by Crippen LogP contribution is 2.30. The van der Waals surface area contributed by atoms with Crippen LogP contribution in [0.25, 0.3) is 0 Å². The van der Waals surface area contributed by atoms with Crippen molar-refractivity contribution in [2.45, 2.75) is 87.0 Å². The van der Waals surface area contributed by atoms with Gasteiger partial charge in [-0.05, 0) is 50.5 Å². The van der Waals surface area contributed by atoms with Crippen LogP contribution in [0.4, 0.5) is 0 Å². The highest BCUT2D eigenvalue weighted by molar-refractivity contribution is 7.97. The monoisotopic (exact) mass is 421 g/mol. The Morgan fingerprint density at radius 3 is 1.75 bits per heavy atom. The highest BCUT2D eigenvalue weighted by atomic mass is 32.2. The number of hydrogen-bond acceptors (Lipinski definition) is 5. The van der Waals surface area contributed by atoms with Gasteiger partial charge in [0.2, 0.25) is 12.3 Å². The molecule has 0 aliphatic heterocycles. The fourth-order valence-corrected chi connectivity index (χ4v) is 2.59. The van der Waals surface area contributed by atoms with Gasteiger partial charge in [0.15, 0.2) is 0 Å². The van der Waals surface area contributed by atoms with Gasteiger partial charge >= 0.3 is 5.97 Å². The maximum absolute atomic E-state index is 11.7. The van der Waals surface area contributed by atoms with Gasteiger partial charge in [0, 0.05) is 13.0 Å². The first-order valence-electron chi connectivity index (χ1n) is 10.8. The summed E-state index contributed by atoms with van der Waals surface area (Å²) in [5.74, 6) is 0.0459. The first-order chi connectivity index (χ1) is 13.5. The average molecular weight is 422 g/mol. The molecule has 0 aromatic heterocycles. The van der Waals surface area contributed by atoms with Gasteiger partial charge in [0.25, 0.3) is 0 Å². The summed E-state index contributed by atoms with van der Waals surface area (Å²) >= 11 is 1.75. The second-order valence-electron chi connectivity index (χ2n) is 5.55. The van der Waals surface area contributed by atoms with Crippen LogP contribution in [-0.2, 0) is 19.1 Å². The first-order valence-corrected chi connectivity index (χ1v) is 12.4. The normalized spacial score (nSPS) is 16.6. The minimum Gasteiger partial charge on any atom is -0.469 e. The van der Waals surface area contributed by atoms with Crippen LogP contribution < -0.4 is 0 Å². The number of amides is 2. The lowest BCUT2D eigenvalue weighted by atomic mass is 9.82. The predicted octanol–water partition coefficient (Wildman–Crippen LogP) is 5.81. The lowest BCUT2D eigenvalue weighted by molar-refractivity contribution is -0.147. The maximum atomic E-state index is 11.7. The minimum absolute atomic E-state index is 0.0164. The Kier molecular flexibility index (Phi) is 34.7. The van der Waals surface area contributed by atoms with Gasteiger partial charge < -0.3 is 4.74 Å². The molecule has 0 saturated heterocycles. The van der Waals surface area contributed by atoms with Crippen LogP contribution in [0.3, 0.4) is 0 Å². The largest absolute Gasteiger partial charge is 0.469 e. The zero-order chi connectivity index (χ0) is 23.0. The quantitative estimate of drug-likeness (QED) is 0.400. The van der Waals surface area contributed by atoms with Crippen molar-refractivity contribution in [3.8, 4) is 0 Å². The average Bonchev–Trinajstić information content (AvgIpc) is 2.76. The number of hydrogen-bond donors (Lipinski definition) is 0. The van der Waals surface area contributed by atoms with E-state index in [2.05, 4.69) is 0 Å². The molecule has 1 saturated carbocycles. The Labute approximate surface area is 179 Å². The number of carbonyl (C=O) groups is 3. The Hall–Kier alpha value is -1.04. The molecule has 0 bridgehead atoms. The molecule has 0 atom stereocenters. The van der Waals surface area contributed by atoms with Crippen LogP contribution in [0.15, 0.2) is 0 Å². The maximum Gasteiger partial charge on any atom is 0.308 e. The van der Waals surface area contributed by atoms with E-state index in [1.807, 2.05) is 61.0 Å². The van der Waals surface area contributed by atoms with Crippen molar-refractivity contribution >= 4 is 30.0 Å². The van der Waals surface area contributed by atoms with Gasteiger partial charge in [-0.2, -0.15) is 11.8 Å². The molecule has 2 amide bonds. The molecular weight excluding hydrogens is 374 g/mol. The molecule has 1 aliphatic rings. The third-order valence-electron chi connectivity index (χ3n) is 3.75. The number of methoxy groups -OCH3 is 1. The lowest BCUT2D eigenvalue weighted by Crippen LogP contribution is -2.36. The molecule has 0 N–H and O–H groups in total. The standard InChI is InChI=1S/C14H23NO4.C2H6S.3C2H6/c1-3-4-13(17)15(10-16)9-11-5-7-12(8-6-11)14(18)19-2;1-3-2;3*1-2/h10-12H,3-9H2,1-2H3;1-2H3;3*1-2H3. The number of thioether (sulfide) groups is 1. The number of ether oxygens (including phenoxy) is 1. The minimum atomic E-state index is -0.146. The molecule has 0 aromatic rings. The van der Waals surface area contributed by atoms with Crippen molar-refractivity contribution in [3.05, 3.63) is 0 Å². The number of rotatable bonds is 6. The van der Waals surface area contributed by atoms with Crippen molar-refractivity contribution < 1.29 is 19.1 Å². The SMILES string of the molecule is CC.CC.CC.CCCC(=O)N(C=O)CC1CCC(C(=O)OC)CC1.CSC. The molecule has 6 heteroatoms. The lowest BCUT2D eigenvalue weighted by Gasteiger charge is -2.29. The number of nitrogens with zero attached hydrogens (tertiary/aromatic N) is 1. The molecule has 5 nitrogen and oxygen atoms in total. The van der Waals surface area contributed by atoms with E-state index in [1.165, 1.54) is 12.0 Å². The zero-order valence-electron chi connectivity index (χ0n) is 20.2. The molecule has 170 valence electrons. The molecule has 28 heavy (non-hydrogen) atoms. The topological polar surface area (TPSA) is 63.7 Å². The van der Waals surface area contributed by atoms with Crippen molar-refractivity contribution in [1.82, 2.24) is 4.90 Å². The molecular formula is C22H47NO4S. The van der Waals surface area contributed by atoms with E-state index in [1.54, 1.807) is 11.8 Å². The zero-order valence-corrected chi connectivity index (χ0v) is 21.0. The fraction of sp³-hybridized carbons (Fsp3) is 0.864. The summed E-state index contributed by atoms with van der Waals surface area (Å²) in [6.07, 6.45) is 9.17. The third-order valence-corrected chi connectivity index (χ3v) is 3.75. The van der Waals surface area contributed by atoms with E-state index in [4.69, 9.17) is 4.74 Å². The molecule has 1 aliphatic carbocycles. The second-order valence-corrected chi connectivity index (χ2v) is 6.37. The second kappa shape index (κ2) is 28.2. The van der Waals surface area contributed by atoms with Crippen molar-refractivity contribution in [1.29, 1.82) is 0 Å². The van der Waals surface area contributed by atoms with Gasteiger partial charge in [-0.3, -0.25) is 19.3 Å². The molecule has 0 radical (unpaired) electrons. The van der Waals surface area contributed by atoms with Gasteiger partial charge in [0.1, 0.15) is 0 Å². The first kappa shape index (κ1) is 34.5. The van der Waals surface area contributed by atoms with E-state index in [0.717, 1.165) is 32.1 Å². The number of carbonyl (C=O) groups excluding carboxylic acids is 3. The van der Waals surface area contributed by atoms with Crippen LogP contribution in [-0.4, -0.2) is 49.4 Å². The van der Waals surface area contributed by atoms with Gasteiger partial charge in [-0.15, -0.1) is 0 Å². The number of imide groups is 1. The molecule has 0 aromatic carbocycles. The Morgan fingerprint density at radius 2 is 1.43 bits per heavy atom.